The molecule has 0 unspecified atom stereocenters. The highest BCUT2D eigenvalue weighted by Crippen LogP contribution is 2.36. The first-order valence-electron chi connectivity index (χ1n) is 6.71. The van der Waals surface area contributed by atoms with Crippen LogP contribution in [0.5, 0.6) is 5.75 Å². The zero-order valence-corrected chi connectivity index (χ0v) is 13.1. The van der Waals surface area contributed by atoms with Crippen LogP contribution in [0, 0.1) is 0 Å². The molecule has 110 valence electrons. The molecule has 0 saturated heterocycles. The average Bonchev–Trinajstić information content (AvgIpc) is 2.42. The van der Waals surface area contributed by atoms with Gasteiger partial charge in [0.05, 0.1) is 5.02 Å². The Kier molecular flexibility index (Phi) is 6.17. The summed E-state index contributed by atoms with van der Waals surface area (Å²) in [6, 6.07) is 3.58. The first-order chi connectivity index (χ1) is 9.70. The topological polar surface area (TPSA) is 30.5 Å². The third-order valence-corrected chi connectivity index (χ3v) is 3.60. The summed E-state index contributed by atoms with van der Waals surface area (Å²) in [7, 11) is 1.73. The van der Waals surface area contributed by atoms with Gasteiger partial charge in [-0.3, -0.25) is 0 Å². The minimum absolute atomic E-state index is 0.565. The number of methoxy groups -OCH3 is 1. The zero-order chi connectivity index (χ0) is 14.4. The highest BCUT2D eigenvalue weighted by molar-refractivity contribution is 6.36. The smallest absolute Gasteiger partial charge is 0.145 e. The molecule has 0 atom stereocenters. The van der Waals surface area contributed by atoms with Crippen LogP contribution in [0.1, 0.15) is 18.4 Å². The van der Waals surface area contributed by atoms with Crippen LogP contribution in [0.4, 0.5) is 0 Å². The molecule has 0 amide bonds. The van der Waals surface area contributed by atoms with E-state index in [4.69, 9.17) is 32.7 Å². The maximum absolute atomic E-state index is 6.10. The number of halogens is 2. The number of nitrogens with one attached hydrogen (secondary N) is 1. The lowest BCUT2D eigenvalue weighted by molar-refractivity contribution is 0.192. The fourth-order valence-corrected chi connectivity index (χ4v) is 2.68. The van der Waals surface area contributed by atoms with Gasteiger partial charge in [-0.2, -0.15) is 0 Å². The third-order valence-electron chi connectivity index (χ3n) is 3.10. The third kappa shape index (κ3) is 4.38. The number of hydrogen-bond acceptors (Lipinski definition) is 3. The fraction of sp³-hybridized carbons (Fsp3) is 0.467. The molecule has 20 heavy (non-hydrogen) atoms. The van der Waals surface area contributed by atoms with E-state index in [1.54, 1.807) is 13.2 Å². The van der Waals surface area contributed by atoms with Crippen LogP contribution in [0.3, 0.4) is 0 Å². The second kappa shape index (κ2) is 7.89. The summed E-state index contributed by atoms with van der Waals surface area (Å²) in [6.07, 6.45) is 4.28. The first-order valence-corrected chi connectivity index (χ1v) is 7.47. The molecular formula is C15H19Cl2NO2. The molecule has 1 aliphatic heterocycles. The maximum Gasteiger partial charge on any atom is 0.145 e. The lowest BCUT2D eigenvalue weighted by Gasteiger charge is -2.19. The molecule has 0 radical (unpaired) electrons. The number of fused-ring (bicyclic) bond motifs is 1. The zero-order valence-electron chi connectivity index (χ0n) is 11.5. The Hall–Kier alpha value is -0.740. The SMILES string of the molecule is COCCCCNCC1=Cc2cc(Cl)cc(Cl)c2OC1. The van der Waals surface area contributed by atoms with Crippen molar-refractivity contribution in [1.29, 1.82) is 0 Å². The predicted molar refractivity (Wildman–Crippen MR) is 83.9 cm³/mol. The van der Waals surface area contributed by atoms with Gasteiger partial charge in [-0.1, -0.05) is 23.2 Å². The maximum atomic E-state index is 6.10. The van der Waals surface area contributed by atoms with E-state index in [2.05, 4.69) is 11.4 Å². The van der Waals surface area contributed by atoms with Crippen LogP contribution in [0.25, 0.3) is 6.08 Å². The molecule has 0 spiro atoms. The standard InChI is InChI=1S/C15H19Cl2NO2/c1-19-5-3-2-4-18-9-11-6-12-7-13(16)8-14(17)15(12)20-10-11/h6-8,18H,2-5,9-10H2,1H3. The fourth-order valence-electron chi connectivity index (χ4n) is 2.11. The highest BCUT2D eigenvalue weighted by Gasteiger charge is 2.15. The van der Waals surface area contributed by atoms with Crippen molar-refractivity contribution in [3.8, 4) is 5.75 Å². The molecule has 5 heteroatoms. The number of rotatable bonds is 7. The van der Waals surface area contributed by atoms with E-state index in [-0.39, 0.29) is 0 Å². The van der Waals surface area contributed by atoms with Crippen molar-refractivity contribution in [2.75, 3.05) is 33.4 Å². The van der Waals surface area contributed by atoms with Crippen LogP contribution >= 0.6 is 23.2 Å². The Morgan fingerprint density at radius 3 is 2.95 bits per heavy atom. The Balaban J connectivity index is 1.86. The second-order valence-electron chi connectivity index (χ2n) is 4.77. The molecule has 3 nitrogen and oxygen atoms in total. The van der Waals surface area contributed by atoms with Gasteiger partial charge >= 0.3 is 0 Å². The van der Waals surface area contributed by atoms with E-state index in [1.165, 1.54) is 5.57 Å². The Labute approximate surface area is 129 Å². The molecule has 0 aromatic heterocycles. The van der Waals surface area contributed by atoms with Gasteiger partial charge in [-0.05, 0) is 43.2 Å². The molecule has 1 aliphatic rings. The van der Waals surface area contributed by atoms with Gasteiger partial charge in [0.1, 0.15) is 12.4 Å². The Morgan fingerprint density at radius 1 is 1.30 bits per heavy atom. The van der Waals surface area contributed by atoms with Crippen molar-refractivity contribution in [1.82, 2.24) is 5.32 Å². The van der Waals surface area contributed by atoms with Gasteiger partial charge in [0.25, 0.3) is 0 Å². The molecule has 0 bridgehead atoms. The molecular weight excluding hydrogens is 297 g/mol. The number of ether oxygens (including phenoxy) is 2. The van der Waals surface area contributed by atoms with E-state index in [9.17, 15) is 0 Å². The average molecular weight is 316 g/mol. The van der Waals surface area contributed by atoms with Gasteiger partial charge in [-0.15, -0.1) is 0 Å². The summed E-state index contributed by atoms with van der Waals surface area (Å²) in [4.78, 5) is 0. The van der Waals surface area contributed by atoms with E-state index in [0.717, 1.165) is 43.9 Å². The van der Waals surface area contributed by atoms with Crippen molar-refractivity contribution in [2.45, 2.75) is 12.8 Å². The monoisotopic (exact) mass is 315 g/mol. The summed E-state index contributed by atoms with van der Waals surface area (Å²) < 4.78 is 10.7. The van der Waals surface area contributed by atoms with Gasteiger partial charge in [0.2, 0.25) is 0 Å². The quantitative estimate of drug-likeness (QED) is 0.777. The number of benzene rings is 1. The minimum Gasteiger partial charge on any atom is -0.487 e. The van der Waals surface area contributed by atoms with Crippen molar-refractivity contribution >= 4 is 29.3 Å². The van der Waals surface area contributed by atoms with Crippen LogP contribution in [0.2, 0.25) is 10.0 Å². The van der Waals surface area contributed by atoms with Crippen LogP contribution in [-0.2, 0) is 4.74 Å². The molecule has 1 heterocycles. The van der Waals surface area contributed by atoms with Gasteiger partial charge in [-0.25, -0.2) is 0 Å². The van der Waals surface area contributed by atoms with E-state index in [1.807, 2.05) is 6.07 Å². The minimum atomic E-state index is 0.565. The lowest BCUT2D eigenvalue weighted by atomic mass is 10.1. The van der Waals surface area contributed by atoms with Crippen molar-refractivity contribution in [3.05, 3.63) is 33.3 Å². The van der Waals surface area contributed by atoms with Crippen LogP contribution in [0.15, 0.2) is 17.7 Å². The van der Waals surface area contributed by atoms with E-state index in [0.29, 0.717) is 16.7 Å². The molecule has 1 aromatic carbocycles. The molecule has 1 N–H and O–H groups in total. The first kappa shape index (κ1) is 15.6. The highest BCUT2D eigenvalue weighted by atomic mass is 35.5. The molecule has 0 saturated carbocycles. The Morgan fingerprint density at radius 2 is 2.15 bits per heavy atom. The lowest BCUT2D eigenvalue weighted by Crippen LogP contribution is -2.22. The normalized spacial score (nSPS) is 13.7. The second-order valence-corrected chi connectivity index (χ2v) is 5.62. The summed E-state index contributed by atoms with van der Waals surface area (Å²) in [5.41, 5.74) is 2.15. The number of hydrogen-bond donors (Lipinski definition) is 1. The van der Waals surface area contributed by atoms with Crippen molar-refractivity contribution < 1.29 is 9.47 Å². The molecule has 2 rings (SSSR count). The summed E-state index contributed by atoms with van der Waals surface area (Å²) in [5, 5.41) is 4.60. The molecule has 1 aromatic rings. The Bertz CT molecular complexity index is 489. The van der Waals surface area contributed by atoms with Crippen LogP contribution in [-0.4, -0.2) is 33.4 Å². The number of unbranched alkanes of at least 4 members (excludes halogenated alkanes) is 1. The molecule has 0 aliphatic carbocycles. The summed E-state index contributed by atoms with van der Waals surface area (Å²) >= 11 is 12.1. The van der Waals surface area contributed by atoms with Crippen LogP contribution < -0.4 is 10.1 Å². The van der Waals surface area contributed by atoms with Crippen molar-refractivity contribution in [2.24, 2.45) is 0 Å². The summed E-state index contributed by atoms with van der Waals surface area (Å²) in [6.45, 7) is 3.18. The predicted octanol–water partition coefficient (Wildman–Crippen LogP) is 3.79. The van der Waals surface area contributed by atoms with E-state index >= 15 is 0 Å². The molecule has 0 fully saturated rings. The van der Waals surface area contributed by atoms with Gasteiger partial charge < -0.3 is 14.8 Å². The largest absolute Gasteiger partial charge is 0.487 e. The van der Waals surface area contributed by atoms with Crippen molar-refractivity contribution in [3.63, 3.8) is 0 Å². The summed E-state index contributed by atoms with van der Waals surface area (Å²) in [5.74, 6) is 0.722. The van der Waals surface area contributed by atoms with E-state index < -0.39 is 0 Å². The van der Waals surface area contributed by atoms with Gasteiger partial charge in [0, 0.05) is 30.8 Å². The van der Waals surface area contributed by atoms with Gasteiger partial charge in [0.15, 0.2) is 0 Å².